The summed E-state index contributed by atoms with van der Waals surface area (Å²) in [4.78, 5) is 47.6. The number of carboxylic acids is 3. The highest BCUT2D eigenvalue weighted by Gasteiger charge is 2.12. The number of fused-ring (bicyclic) bond motifs is 2. The van der Waals surface area contributed by atoms with E-state index in [-0.39, 0.29) is 34.5 Å². The number of hydrogen-bond donors (Lipinski definition) is 6. The molecule has 6 aromatic rings. The Labute approximate surface area is 248 Å². The van der Waals surface area contributed by atoms with Crippen molar-refractivity contribution in [2.24, 2.45) is 0 Å². The summed E-state index contributed by atoms with van der Waals surface area (Å²) in [5, 5.41) is 40.4. The summed E-state index contributed by atoms with van der Waals surface area (Å²) in [7, 11) is 0. The van der Waals surface area contributed by atoms with Crippen LogP contribution in [0.3, 0.4) is 0 Å². The van der Waals surface area contributed by atoms with Crippen LogP contribution in [0, 0.1) is 0 Å². The fourth-order valence-electron chi connectivity index (χ4n) is 4.57. The first-order valence-electron chi connectivity index (χ1n) is 13.1. The van der Waals surface area contributed by atoms with E-state index >= 15 is 0 Å². The second-order valence-corrected chi connectivity index (χ2v) is 9.73. The lowest BCUT2D eigenvalue weighted by atomic mass is 10.1. The molecular formula is C32H22N6O6. The molecule has 0 bridgehead atoms. The van der Waals surface area contributed by atoms with Gasteiger partial charge in [0.05, 0.1) is 16.7 Å². The van der Waals surface area contributed by atoms with Gasteiger partial charge in [-0.25, -0.2) is 14.4 Å². The van der Waals surface area contributed by atoms with Gasteiger partial charge in [0.1, 0.15) is 0 Å². The molecule has 5 aromatic carbocycles. The normalized spacial score (nSPS) is 10.8. The molecule has 6 N–H and O–H groups in total. The van der Waals surface area contributed by atoms with E-state index in [1.807, 2.05) is 12.1 Å². The van der Waals surface area contributed by atoms with Gasteiger partial charge in [0.15, 0.2) is 0 Å². The molecule has 0 aliphatic heterocycles. The quantitative estimate of drug-likeness (QED) is 0.108. The van der Waals surface area contributed by atoms with Gasteiger partial charge in [0.2, 0.25) is 17.8 Å². The average molecular weight is 587 g/mol. The SMILES string of the molecule is O=C(O)c1cccc(Nc2nc(Nc3ccc4cc(C(=O)O)ccc4c3)nc(Nc3ccc4cc(C(=O)O)ccc4c3)n2)c1. The molecule has 0 spiro atoms. The van der Waals surface area contributed by atoms with Crippen molar-refractivity contribution in [1.82, 2.24) is 15.0 Å². The minimum Gasteiger partial charge on any atom is -0.478 e. The zero-order valence-corrected chi connectivity index (χ0v) is 22.6. The molecule has 6 rings (SSSR count). The first kappa shape index (κ1) is 27.6. The van der Waals surface area contributed by atoms with Crippen LogP contribution in [-0.4, -0.2) is 48.2 Å². The van der Waals surface area contributed by atoms with Crippen LogP contribution in [0.25, 0.3) is 21.5 Å². The van der Waals surface area contributed by atoms with Crippen molar-refractivity contribution < 1.29 is 29.7 Å². The van der Waals surface area contributed by atoms with Gasteiger partial charge in [-0.2, -0.15) is 15.0 Å². The molecule has 0 aliphatic carbocycles. The molecule has 0 saturated carbocycles. The number of rotatable bonds is 9. The van der Waals surface area contributed by atoms with Crippen molar-refractivity contribution in [2.45, 2.75) is 0 Å². The lowest BCUT2D eigenvalue weighted by Crippen LogP contribution is -2.08. The average Bonchev–Trinajstić information content (AvgIpc) is 3.00. The van der Waals surface area contributed by atoms with Crippen LogP contribution < -0.4 is 16.0 Å². The van der Waals surface area contributed by atoms with Crippen molar-refractivity contribution in [1.29, 1.82) is 0 Å². The van der Waals surface area contributed by atoms with E-state index in [0.29, 0.717) is 17.1 Å². The van der Waals surface area contributed by atoms with Crippen molar-refractivity contribution in [3.8, 4) is 0 Å². The first-order valence-corrected chi connectivity index (χ1v) is 13.1. The molecule has 0 atom stereocenters. The Morgan fingerprint density at radius 2 is 0.795 bits per heavy atom. The molecule has 0 amide bonds. The van der Waals surface area contributed by atoms with Gasteiger partial charge >= 0.3 is 17.9 Å². The Balaban J connectivity index is 1.34. The van der Waals surface area contributed by atoms with Crippen LogP contribution in [0.5, 0.6) is 0 Å². The van der Waals surface area contributed by atoms with E-state index in [0.717, 1.165) is 21.5 Å². The van der Waals surface area contributed by atoms with Gasteiger partial charge in [-0.15, -0.1) is 0 Å². The Kier molecular flexibility index (Phi) is 7.13. The summed E-state index contributed by atoms with van der Waals surface area (Å²) < 4.78 is 0. The fraction of sp³-hybridized carbons (Fsp3) is 0. The molecule has 44 heavy (non-hydrogen) atoms. The van der Waals surface area contributed by atoms with Gasteiger partial charge in [-0.05, 0) is 88.3 Å². The number of nitrogens with one attached hydrogen (secondary N) is 3. The molecular weight excluding hydrogens is 564 g/mol. The predicted octanol–water partition coefficient (Wildman–Crippen LogP) is 6.50. The van der Waals surface area contributed by atoms with Crippen molar-refractivity contribution in [3.63, 3.8) is 0 Å². The van der Waals surface area contributed by atoms with E-state index in [9.17, 15) is 29.7 Å². The van der Waals surface area contributed by atoms with Gasteiger partial charge in [0.25, 0.3) is 0 Å². The molecule has 0 saturated heterocycles. The van der Waals surface area contributed by atoms with E-state index in [1.165, 1.54) is 24.3 Å². The summed E-state index contributed by atoms with van der Waals surface area (Å²) in [6, 6.07) is 26.6. The molecule has 12 nitrogen and oxygen atoms in total. The van der Waals surface area contributed by atoms with Gasteiger partial charge in [-0.3, -0.25) is 0 Å². The Hall–Kier alpha value is -6.56. The number of anilines is 6. The summed E-state index contributed by atoms with van der Waals surface area (Å²) in [6.45, 7) is 0. The van der Waals surface area contributed by atoms with Crippen molar-refractivity contribution in [2.75, 3.05) is 16.0 Å². The maximum Gasteiger partial charge on any atom is 0.335 e. The second kappa shape index (κ2) is 11.4. The maximum atomic E-state index is 11.5. The van der Waals surface area contributed by atoms with Crippen LogP contribution in [0.1, 0.15) is 31.1 Å². The fourth-order valence-corrected chi connectivity index (χ4v) is 4.57. The van der Waals surface area contributed by atoms with E-state index in [2.05, 4.69) is 30.9 Å². The van der Waals surface area contributed by atoms with Crippen LogP contribution >= 0.6 is 0 Å². The number of carboxylic acid groups (broad SMARTS) is 3. The monoisotopic (exact) mass is 586 g/mol. The van der Waals surface area contributed by atoms with Crippen LogP contribution in [0.4, 0.5) is 34.9 Å². The molecule has 0 radical (unpaired) electrons. The van der Waals surface area contributed by atoms with Crippen LogP contribution in [0.15, 0.2) is 97.1 Å². The minimum absolute atomic E-state index is 0.0881. The largest absolute Gasteiger partial charge is 0.478 e. The lowest BCUT2D eigenvalue weighted by Gasteiger charge is -2.13. The third-order valence-electron chi connectivity index (χ3n) is 6.69. The summed E-state index contributed by atoms with van der Waals surface area (Å²) >= 11 is 0. The van der Waals surface area contributed by atoms with Crippen molar-refractivity contribution in [3.05, 3.63) is 114 Å². The van der Waals surface area contributed by atoms with Crippen LogP contribution in [-0.2, 0) is 0 Å². The topological polar surface area (TPSA) is 187 Å². The minimum atomic E-state index is -1.08. The summed E-state index contributed by atoms with van der Waals surface area (Å²) in [5.41, 5.74) is 2.18. The maximum absolute atomic E-state index is 11.5. The van der Waals surface area contributed by atoms with Crippen LogP contribution in [0.2, 0.25) is 0 Å². The molecule has 0 aliphatic rings. The number of aromatic nitrogens is 3. The third kappa shape index (κ3) is 6.04. The van der Waals surface area contributed by atoms with Gasteiger partial charge in [-0.1, -0.05) is 30.3 Å². The van der Waals surface area contributed by atoms with E-state index in [1.54, 1.807) is 60.7 Å². The van der Waals surface area contributed by atoms with E-state index < -0.39 is 17.9 Å². The third-order valence-corrected chi connectivity index (χ3v) is 6.69. The Morgan fingerprint density at radius 3 is 1.23 bits per heavy atom. The highest BCUT2D eigenvalue weighted by Crippen LogP contribution is 2.26. The number of hydrogen-bond acceptors (Lipinski definition) is 9. The molecule has 0 fully saturated rings. The van der Waals surface area contributed by atoms with Crippen molar-refractivity contribution >= 4 is 74.4 Å². The van der Waals surface area contributed by atoms with Gasteiger partial charge < -0.3 is 31.3 Å². The number of carbonyl (C=O) groups is 3. The zero-order chi connectivity index (χ0) is 30.8. The lowest BCUT2D eigenvalue weighted by molar-refractivity contribution is 0.0686. The standard InChI is InChI=1S/C32H22N6O6/c39-27(40)21-2-1-3-24(16-21)33-30-36-31(34-25-10-8-17-12-22(28(41)42)6-4-19(17)14-25)38-32(37-30)35-26-11-9-18-13-23(29(43)44)7-5-20(18)15-26/h1-16H,(H,39,40)(H,41,42)(H,43,44)(H3,33,34,35,36,37,38). The molecule has 216 valence electrons. The smallest absolute Gasteiger partial charge is 0.335 e. The molecule has 1 heterocycles. The highest BCUT2D eigenvalue weighted by atomic mass is 16.4. The second-order valence-electron chi connectivity index (χ2n) is 9.73. The zero-order valence-electron chi connectivity index (χ0n) is 22.6. The molecule has 1 aromatic heterocycles. The predicted molar refractivity (Wildman–Crippen MR) is 165 cm³/mol. The Bertz CT molecular complexity index is 2000. The molecule has 0 unspecified atom stereocenters. The number of aromatic carboxylic acids is 3. The highest BCUT2D eigenvalue weighted by molar-refractivity contribution is 5.96. The summed E-state index contributed by atoms with van der Waals surface area (Å²) in [5.74, 6) is -2.62. The number of benzene rings is 5. The first-order chi connectivity index (χ1) is 21.2. The molecule has 12 heteroatoms. The number of nitrogens with zero attached hydrogens (tertiary/aromatic N) is 3. The summed E-state index contributed by atoms with van der Waals surface area (Å²) in [6.07, 6.45) is 0. The Morgan fingerprint density at radius 1 is 0.432 bits per heavy atom. The van der Waals surface area contributed by atoms with E-state index in [4.69, 9.17) is 0 Å². The van der Waals surface area contributed by atoms with Gasteiger partial charge in [0, 0.05) is 17.1 Å².